The molecular formula is C23H38N4O. The Morgan fingerprint density at radius 1 is 1.11 bits per heavy atom. The number of hydrogen-bond donors (Lipinski definition) is 0. The van der Waals surface area contributed by atoms with Crippen LogP contribution in [0.1, 0.15) is 96.7 Å². The number of rotatable bonds is 4. The zero-order valence-electron chi connectivity index (χ0n) is 18.1. The molecule has 2 aliphatic carbocycles. The minimum atomic E-state index is -0.144. The van der Waals surface area contributed by atoms with Crippen LogP contribution in [0.4, 0.5) is 0 Å². The number of amides is 1. The average molecular weight is 387 g/mol. The highest BCUT2D eigenvalue weighted by molar-refractivity contribution is 5.83. The second kappa shape index (κ2) is 7.79. The first-order valence-electron chi connectivity index (χ1n) is 11.6. The van der Waals surface area contributed by atoms with Gasteiger partial charge in [-0.2, -0.15) is 0 Å². The lowest BCUT2D eigenvalue weighted by molar-refractivity contribution is -0.142. The summed E-state index contributed by atoms with van der Waals surface area (Å²) in [6, 6.07) is 0. The molecule has 1 spiro atoms. The number of carbonyl (C=O) groups excluding carboxylic acids is 1. The number of hydrogen-bond acceptors (Lipinski definition) is 3. The van der Waals surface area contributed by atoms with Gasteiger partial charge in [0.2, 0.25) is 5.91 Å². The standard InChI is InChI=1S/C23H38N4O/c1-18(2)14-27-17-24-25-20(27)19-15-26(16-23(19)12-8-5-9-13-23)21(28)22(3)10-6-4-7-11-22/h17-19H,4-16H2,1-3H3. The largest absolute Gasteiger partial charge is 0.341 e. The SMILES string of the molecule is CC(C)Cn1cnnc1C1CN(C(=O)C2(C)CCCCC2)CC12CCCCC2. The zero-order chi connectivity index (χ0) is 19.8. The van der Waals surface area contributed by atoms with Gasteiger partial charge in [0.1, 0.15) is 12.2 Å². The van der Waals surface area contributed by atoms with E-state index in [0.717, 1.165) is 38.3 Å². The molecule has 3 aliphatic rings. The van der Waals surface area contributed by atoms with Gasteiger partial charge >= 0.3 is 0 Å². The summed E-state index contributed by atoms with van der Waals surface area (Å²) in [5.74, 6) is 2.44. The Balaban J connectivity index is 1.62. The van der Waals surface area contributed by atoms with Gasteiger partial charge in [0.15, 0.2) is 0 Å². The lowest BCUT2D eigenvalue weighted by atomic mass is 9.67. The number of aromatic nitrogens is 3. The minimum absolute atomic E-state index is 0.144. The van der Waals surface area contributed by atoms with Crippen LogP contribution in [-0.2, 0) is 11.3 Å². The monoisotopic (exact) mass is 386 g/mol. The van der Waals surface area contributed by atoms with Gasteiger partial charge in [0, 0.05) is 31.0 Å². The van der Waals surface area contributed by atoms with E-state index < -0.39 is 0 Å². The summed E-state index contributed by atoms with van der Waals surface area (Å²) in [7, 11) is 0. The molecule has 2 heterocycles. The second-order valence-corrected chi connectivity index (χ2v) is 10.5. The third-order valence-corrected chi connectivity index (χ3v) is 7.78. The average Bonchev–Trinajstić information content (AvgIpc) is 3.26. The van der Waals surface area contributed by atoms with Crippen molar-refractivity contribution in [2.24, 2.45) is 16.7 Å². The first-order chi connectivity index (χ1) is 13.4. The Labute approximate surface area is 170 Å². The summed E-state index contributed by atoms with van der Waals surface area (Å²) in [5, 5.41) is 8.88. The maximum atomic E-state index is 13.6. The summed E-state index contributed by atoms with van der Waals surface area (Å²) < 4.78 is 2.27. The van der Waals surface area contributed by atoms with E-state index >= 15 is 0 Å². The van der Waals surface area contributed by atoms with Crippen LogP contribution in [0.2, 0.25) is 0 Å². The van der Waals surface area contributed by atoms with E-state index in [9.17, 15) is 4.79 Å². The van der Waals surface area contributed by atoms with Gasteiger partial charge in [0.05, 0.1) is 0 Å². The molecule has 28 heavy (non-hydrogen) atoms. The van der Waals surface area contributed by atoms with E-state index in [4.69, 9.17) is 0 Å². The third-order valence-electron chi connectivity index (χ3n) is 7.78. The molecule has 4 rings (SSSR count). The van der Waals surface area contributed by atoms with Gasteiger partial charge in [0.25, 0.3) is 0 Å². The zero-order valence-corrected chi connectivity index (χ0v) is 18.1. The molecule has 5 heteroatoms. The van der Waals surface area contributed by atoms with E-state index in [1.807, 2.05) is 6.33 Å². The smallest absolute Gasteiger partial charge is 0.228 e. The van der Waals surface area contributed by atoms with Crippen molar-refractivity contribution in [3.8, 4) is 0 Å². The highest BCUT2D eigenvalue weighted by atomic mass is 16.2. The quantitative estimate of drug-likeness (QED) is 0.748. The molecule has 1 amide bonds. The Morgan fingerprint density at radius 3 is 2.39 bits per heavy atom. The van der Waals surface area contributed by atoms with E-state index in [1.54, 1.807) is 0 Å². The van der Waals surface area contributed by atoms with Gasteiger partial charge in [-0.15, -0.1) is 10.2 Å². The molecule has 5 nitrogen and oxygen atoms in total. The van der Waals surface area contributed by atoms with E-state index in [0.29, 0.717) is 17.7 Å². The van der Waals surface area contributed by atoms with Crippen LogP contribution in [0.15, 0.2) is 6.33 Å². The van der Waals surface area contributed by atoms with Gasteiger partial charge in [-0.25, -0.2) is 0 Å². The Kier molecular flexibility index (Phi) is 5.54. The van der Waals surface area contributed by atoms with Crippen molar-refractivity contribution in [3.05, 3.63) is 12.2 Å². The molecule has 0 aromatic carbocycles. The van der Waals surface area contributed by atoms with Gasteiger partial charge in [-0.3, -0.25) is 4.79 Å². The fourth-order valence-electron chi connectivity index (χ4n) is 6.24. The van der Waals surface area contributed by atoms with E-state index in [-0.39, 0.29) is 10.8 Å². The molecule has 1 aromatic rings. The first-order valence-corrected chi connectivity index (χ1v) is 11.6. The number of carbonyl (C=O) groups is 1. The van der Waals surface area contributed by atoms with Crippen molar-refractivity contribution in [3.63, 3.8) is 0 Å². The molecule has 0 bridgehead atoms. The summed E-state index contributed by atoms with van der Waals surface area (Å²) in [5.41, 5.74) is 0.0648. The first kappa shape index (κ1) is 19.9. The lowest BCUT2D eigenvalue weighted by Crippen LogP contribution is -2.43. The fourth-order valence-corrected chi connectivity index (χ4v) is 6.24. The van der Waals surface area contributed by atoms with Crippen LogP contribution >= 0.6 is 0 Å². The van der Waals surface area contributed by atoms with Crippen LogP contribution in [0.25, 0.3) is 0 Å². The molecule has 3 fully saturated rings. The predicted molar refractivity (Wildman–Crippen MR) is 111 cm³/mol. The predicted octanol–water partition coefficient (Wildman–Crippen LogP) is 4.78. The molecular weight excluding hydrogens is 348 g/mol. The van der Waals surface area contributed by atoms with Gasteiger partial charge in [-0.1, -0.05) is 59.3 Å². The third kappa shape index (κ3) is 3.61. The van der Waals surface area contributed by atoms with Crippen molar-refractivity contribution >= 4 is 5.91 Å². The topological polar surface area (TPSA) is 51.0 Å². The molecule has 2 saturated carbocycles. The second-order valence-electron chi connectivity index (χ2n) is 10.5. The van der Waals surface area contributed by atoms with E-state index in [2.05, 4.69) is 40.4 Å². The number of likely N-dealkylation sites (tertiary alicyclic amines) is 1. The van der Waals surface area contributed by atoms with E-state index in [1.165, 1.54) is 51.4 Å². The lowest BCUT2D eigenvalue weighted by Gasteiger charge is -2.39. The summed E-state index contributed by atoms with van der Waals surface area (Å²) in [4.78, 5) is 15.8. The maximum Gasteiger partial charge on any atom is 0.228 e. The van der Waals surface area contributed by atoms with Crippen LogP contribution in [-0.4, -0.2) is 38.7 Å². The molecule has 0 radical (unpaired) electrons. The van der Waals surface area contributed by atoms with Crippen LogP contribution in [0, 0.1) is 16.7 Å². The molecule has 1 saturated heterocycles. The molecule has 1 unspecified atom stereocenters. The molecule has 1 atom stereocenters. The summed E-state index contributed by atoms with van der Waals surface area (Å²) in [6.07, 6.45) is 14.1. The Morgan fingerprint density at radius 2 is 1.75 bits per heavy atom. The molecule has 156 valence electrons. The fraction of sp³-hybridized carbons (Fsp3) is 0.870. The minimum Gasteiger partial charge on any atom is -0.341 e. The Hall–Kier alpha value is -1.39. The van der Waals surface area contributed by atoms with Crippen molar-refractivity contribution in [1.82, 2.24) is 19.7 Å². The van der Waals surface area contributed by atoms with Crippen molar-refractivity contribution in [1.29, 1.82) is 0 Å². The van der Waals surface area contributed by atoms with Gasteiger partial charge < -0.3 is 9.47 Å². The summed E-state index contributed by atoms with van der Waals surface area (Å²) >= 11 is 0. The Bertz CT molecular complexity index is 683. The summed E-state index contributed by atoms with van der Waals surface area (Å²) in [6.45, 7) is 9.44. The van der Waals surface area contributed by atoms with Crippen LogP contribution < -0.4 is 0 Å². The van der Waals surface area contributed by atoms with Crippen molar-refractivity contribution in [2.45, 2.75) is 97.4 Å². The van der Waals surface area contributed by atoms with Crippen LogP contribution in [0.3, 0.4) is 0 Å². The molecule has 1 aromatic heterocycles. The van der Waals surface area contributed by atoms with Crippen molar-refractivity contribution in [2.75, 3.05) is 13.1 Å². The number of nitrogens with zero attached hydrogens (tertiary/aromatic N) is 4. The molecule has 1 aliphatic heterocycles. The van der Waals surface area contributed by atoms with Gasteiger partial charge in [-0.05, 0) is 37.0 Å². The molecule has 0 N–H and O–H groups in total. The maximum absolute atomic E-state index is 13.6. The van der Waals surface area contributed by atoms with Crippen LogP contribution in [0.5, 0.6) is 0 Å². The van der Waals surface area contributed by atoms with Crippen molar-refractivity contribution < 1.29 is 4.79 Å². The normalized spacial score (nSPS) is 26.9. The highest BCUT2D eigenvalue weighted by Crippen LogP contribution is 2.53. The highest BCUT2D eigenvalue weighted by Gasteiger charge is 2.52.